The highest BCUT2D eigenvalue weighted by atomic mass is 32.1. The molecule has 0 aliphatic heterocycles. The third-order valence-corrected chi connectivity index (χ3v) is 4.49. The molecule has 0 radical (unpaired) electrons. The van der Waals surface area contributed by atoms with Gasteiger partial charge in [-0.2, -0.15) is 11.3 Å². The first-order valence-corrected chi connectivity index (χ1v) is 9.53. The van der Waals surface area contributed by atoms with Crippen molar-refractivity contribution in [2.75, 3.05) is 31.6 Å². The van der Waals surface area contributed by atoms with Crippen LogP contribution in [0.2, 0.25) is 0 Å². The molecule has 0 aliphatic carbocycles. The molecular formula is C19H28N4S. The summed E-state index contributed by atoms with van der Waals surface area (Å²) >= 11 is 1.72. The Morgan fingerprint density at radius 3 is 2.67 bits per heavy atom. The lowest BCUT2D eigenvalue weighted by atomic mass is 10.2. The van der Waals surface area contributed by atoms with E-state index in [1.807, 2.05) is 0 Å². The van der Waals surface area contributed by atoms with E-state index >= 15 is 0 Å². The van der Waals surface area contributed by atoms with Crippen LogP contribution < -0.4 is 15.5 Å². The van der Waals surface area contributed by atoms with E-state index in [0.29, 0.717) is 0 Å². The molecule has 2 aromatic rings. The quantitative estimate of drug-likeness (QED) is 0.414. The normalized spacial score (nSPS) is 11.3. The van der Waals surface area contributed by atoms with E-state index in [0.717, 1.165) is 45.0 Å². The van der Waals surface area contributed by atoms with Crippen LogP contribution in [0.5, 0.6) is 0 Å². The lowest BCUT2D eigenvalue weighted by molar-refractivity contribution is 0.687. The number of unbranched alkanes of at least 4 members (excludes halogenated alkanes) is 1. The average Bonchev–Trinajstić information content (AvgIpc) is 3.13. The van der Waals surface area contributed by atoms with Gasteiger partial charge in [0.15, 0.2) is 5.96 Å². The Labute approximate surface area is 149 Å². The molecule has 4 nitrogen and oxygen atoms in total. The number of aliphatic imine (C=N–C) groups is 1. The molecule has 0 saturated carbocycles. The topological polar surface area (TPSA) is 39.7 Å². The molecule has 0 amide bonds. The summed E-state index contributed by atoms with van der Waals surface area (Å²) in [5.74, 6) is 0.903. The van der Waals surface area contributed by atoms with Crippen LogP contribution in [0, 0.1) is 0 Å². The maximum Gasteiger partial charge on any atom is 0.191 e. The predicted molar refractivity (Wildman–Crippen MR) is 106 cm³/mol. The van der Waals surface area contributed by atoms with Crippen molar-refractivity contribution in [3.63, 3.8) is 0 Å². The SMILES string of the molecule is CCNC(=NCc1ccsc1)NCCCCN(C)c1ccccc1. The smallest absolute Gasteiger partial charge is 0.191 e. The fourth-order valence-corrected chi connectivity index (χ4v) is 3.05. The summed E-state index contributed by atoms with van der Waals surface area (Å²) in [7, 11) is 2.15. The molecule has 5 heteroatoms. The number of para-hydroxylation sites is 1. The van der Waals surface area contributed by atoms with Gasteiger partial charge in [0, 0.05) is 32.4 Å². The van der Waals surface area contributed by atoms with E-state index in [9.17, 15) is 0 Å². The summed E-state index contributed by atoms with van der Waals surface area (Å²) in [6.45, 7) is 5.71. The lowest BCUT2D eigenvalue weighted by Gasteiger charge is -2.19. The second-order valence-electron chi connectivity index (χ2n) is 5.72. The van der Waals surface area contributed by atoms with Crippen molar-refractivity contribution in [1.29, 1.82) is 0 Å². The van der Waals surface area contributed by atoms with Crippen molar-refractivity contribution in [1.82, 2.24) is 10.6 Å². The largest absolute Gasteiger partial charge is 0.375 e. The number of nitrogens with one attached hydrogen (secondary N) is 2. The van der Waals surface area contributed by atoms with Gasteiger partial charge >= 0.3 is 0 Å². The zero-order valence-electron chi connectivity index (χ0n) is 14.7. The maximum atomic E-state index is 4.63. The van der Waals surface area contributed by atoms with Gasteiger partial charge in [0.05, 0.1) is 6.54 Å². The molecule has 0 aliphatic rings. The van der Waals surface area contributed by atoms with Gasteiger partial charge in [0.1, 0.15) is 0 Å². The molecule has 0 saturated heterocycles. The molecule has 0 bridgehead atoms. The summed E-state index contributed by atoms with van der Waals surface area (Å²) in [5.41, 5.74) is 2.54. The molecule has 1 heterocycles. The number of hydrogen-bond acceptors (Lipinski definition) is 3. The third kappa shape index (κ3) is 6.62. The highest BCUT2D eigenvalue weighted by Gasteiger charge is 2.00. The number of guanidine groups is 1. The van der Waals surface area contributed by atoms with Crippen LogP contribution in [0.25, 0.3) is 0 Å². The molecule has 2 N–H and O–H groups in total. The van der Waals surface area contributed by atoms with E-state index in [2.05, 4.69) is 81.7 Å². The number of thiophene rings is 1. The first kappa shape index (κ1) is 18.3. The minimum absolute atomic E-state index is 0.732. The second-order valence-corrected chi connectivity index (χ2v) is 6.50. The summed E-state index contributed by atoms with van der Waals surface area (Å²) in [6.07, 6.45) is 2.28. The molecular weight excluding hydrogens is 316 g/mol. The summed E-state index contributed by atoms with van der Waals surface area (Å²) in [4.78, 5) is 6.93. The Morgan fingerprint density at radius 2 is 1.96 bits per heavy atom. The molecule has 0 unspecified atom stereocenters. The van der Waals surface area contributed by atoms with Crippen LogP contribution >= 0.6 is 11.3 Å². The van der Waals surface area contributed by atoms with Gasteiger partial charge in [-0.25, -0.2) is 4.99 Å². The van der Waals surface area contributed by atoms with Gasteiger partial charge in [-0.05, 0) is 54.3 Å². The number of benzene rings is 1. The molecule has 130 valence electrons. The monoisotopic (exact) mass is 344 g/mol. The van der Waals surface area contributed by atoms with Crippen LogP contribution in [0.4, 0.5) is 5.69 Å². The Hall–Kier alpha value is -2.01. The Kier molecular flexibility index (Phi) is 8.18. The molecule has 0 spiro atoms. The minimum Gasteiger partial charge on any atom is -0.375 e. The van der Waals surface area contributed by atoms with Crippen molar-refractivity contribution < 1.29 is 0 Å². The van der Waals surface area contributed by atoms with Crippen molar-refractivity contribution in [3.8, 4) is 0 Å². The fraction of sp³-hybridized carbons (Fsp3) is 0.421. The van der Waals surface area contributed by atoms with Crippen LogP contribution in [0.3, 0.4) is 0 Å². The number of nitrogens with zero attached hydrogens (tertiary/aromatic N) is 2. The summed E-state index contributed by atoms with van der Waals surface area (Å²) in [5, 5.41) is 11.0. The predicted octanol–water partition coefficient (Wildman–Crippen LogP) is 3.72. The minimum atomic E-state index is 0.732. The van der Waals surface area contributed by atoms with Gasteiger partial charge in [-0.1, -0.05) is 18.2 Å². The van der Waals surface area contributed by atoms with E-state index in [4.69, 9.17) is 0 Å². The van der Waals surface area contributed by atoms with Crippen molar-refractivity contribution in [2.45, 2.75) is 26.3 Å². The van der Waals surface area contributed by atoms with Crippen LogP contribution in [-0.2, 0) is 6.54 Å². The summed E-state index contributed by atoms with van der Waals surface area (Å²) in [6, 6.07) is 12.6. The first-order valence-electron chi connectivity index (χ1n) is 8.59. The third-order valence-electron chi connectivity index (χ3n) is 3.75. The molecule has 0 fully saturated rings. The van der Waals surface area contributed by atoms with Crippen molar-refractivity contribution in [3.05, 3.63) is 52.7 Å². The first-order chi connectivity index (χ1) is 11.8. The van der Waals surface area contributed by atoms with E-state index < -0.39 is 0 Å². The second kappa shape index (κ2) is 10.7. The summed E-state index contributed by atoms with van der Waals surface area (Å²) < 4.78 is 0. The van der Waals surface area contributed by atoms with Gasteiger partial charge in [0.2, 0.25) is 0 Å². The lowest BCUT2D eigenvalue weighted by Crippen LogP contribution is -2.37. The van der Waals surface area contributed by atoms with Gasteiger partial charge in [-0.3, -0.25) is 0 Å². The van der Waals surface area contributed by atoms with Crippen LogP contribution in [-0.4, -0.2) is 32.6 Å². The Morgan fingerprint density at radius 1 is 1.12 bits per heavy atom. The van der Waals surface area contributed by atoms with Gasteiger partial charge < -0.3 is 15.5 Å². The molecule has 0 atom stereocenters. The van der Waals surface area contributed by atoms with Crippen LogP contribution in [0.1, 0.15) is 25.3 Å². The zero-order chi connectivity index (χ0) is 17.0. The fourth-order valence-electron chi connectivity index (χ4n) is 2.39. The standard InChI is InChI=1S/C19H28N4S/c1-3-20-19(22-15-17-11-14-24-16-17)21-12-7-8-13-23(2)18-9-5-4-6-10-18/h4-6,9-11,14,16H,3,7-8,12-13,15H2,1-2H3,(H2,20,21,22). The van der Waals surface area contributed by atoms with Crippen molar-refractivity contribution in [2.24, 2.45) is 4.99 Å². The van der Waals surface area contributed by atoms with E-state index in [1.165, 1.54) is 11.3 Å². The highest BCUT2D eigenvalue weighted by molar-refractivity contribution is 7.07. The highest BCUT2D eigenvalue weighted by Crippen LogP contribution is 2.11. The van der Waals surface area contributed by atoms with Crippen LogP contribution in [0.15, 0.2) is 52.2 Å². The molecule has 2 rings (SSSR count). The van der Waals surface area contributed by atoms with Gasteiger partial charge in [-0.15, -0.1) is 0 Å². The zero-order valence-corrected chi connectivity index (χ0v) is 15.5. The van der Waals surface area contributed by atoms with E-state index in [-0.39, 0.29) is 0 Å². The van der Waals surface area contributed by atoms with Crippen molar-refractivity contribution >= 4 is 23.0 Å². The van der Waals surface area contributed by atoms with E-state index in [1.54, 1.807) is 11.3 Å². The number of rotatable bonds is 9. The molecule has 24 heavy (non-hydrogen) atoms. The van der Waals surface area contributed by atoms with Gasteiger partial charge in [0.25, 0.3) is 0 Å². The maximum absolute atomic E-state index is 4.63. The molecule has 1 aromatic carbocycles. The number of anilines is 1. The Bertz CT molecular complexity index is 581. The Balaban J connectivity index is 1.66. The number of hydrogen-bond donors (Lipinski definition) is 2. The molecule has 1 aromatic heterocycles. The average molecular weight is 345 g/mol.